The van der Waals surface area contributed by atoms with E-state index in [0.29, 0.717) is 6.29 Å². The molecule has 0 saturated heterocycles. The lowest BCUT2D eigenvalue weighted by atomic mass is 10.2. The first-order chi connectivity index (χ1) is 6.85. The van der Waals surface area contributed by atoms with Crippen molar-refractivity contribution in [3.05, 3.63) is 22.7 Å². The number of nitrogens with two attached hydrogens (primary N) is 1. The number of ether oxygens (including phenoxy) is 1. The predicted octanol–water partition coefficient (Wildman–Crippen LogP) is 2.63. The van der Waals surface area contributed by atoms with E-state index in [-0.39, 0.29) is 10.6 Å². The fraction of sp³-hybridized carbons (Fsp3) is 0.125. The van der Waals surface area contributed by atoms with E-state index in [9.17, 15) is 18.0 Å². The number of aldehydes is 1. The lowest BCUT2D eigenvalue weighted by Crippen LogP contribution is -2.18. The molecular weight excluding hydrogens is 235 g/mol. The first-order valence-corrected chi connectivity index (χ1v) is 4.02. The van der Waals surface area contributed by atoms with Gasteiger partial charge in [0.05, 0.1) is 10.7 Å². The Hall–Kier alpha value is -1.43. The number of halogens is 4. The molecule has 0 aliphatic rings. The minimum absolute atomic E-state index is 0.00342. The minimum atomic E-state index is -4.85. The molecule has 0 amide bonds. The average Bonchev–Trinajstić information content (AvgIpc) is 2.11. The Bertz CT molecular complexity index is 392. The second-order valence-corrected chi connectivity index (χ2v) is 2.92. The highest BCUT2D eigenvalue weighted by atomic mass is 35.5. The summed E-state index contributed by atoms with van der Waals surface area (Å²) in [5, 5.41) is -0.258. The largest absolute Gasteiger partial charge is 0.573 e. The van der Waals surface area contributed by atoms with E-state index in [0.717, 1.165) is 12.1 Å². The molecule has 0 aliphatic heterocycles. The molecule has 0 radical (unpaired) electrons. The van der Waals surface area contributed by atoms with Crippen LogP contribution in [0.2, 0.25) is 5.02 Å². The van der Waals surface area contributed by atoms with Crippen LogP contribution in [-0.4, -0.2) is 12.6 Å². The second-order valence-electron chi connectivity index (χ2n) is 2.55. The zero-order valence-electron chi connectivity index (χ0n) is 7.14. The van der Waals surface area contributed by atoms with E-state index in [2.05, 4.69) is 4.74 Å². The molecule has 0 saturated carbocycles. The number of anilines is 1. The van der Waals surface area contributed by atoms with Crippen LogP contribution >= 0.6 is 11.6 Å². The van der Waals surface area contributed by atoms with Crippen LogP contribution < -0.4 is 10.5 Å². The number of carbonyl (C=O) groups excluding carboxylic acids is 1. The van der Waals surface area contributed by atoms with Gasteiger partial charge in [0.15, 0.2) is 12.0 Å². The number of hydrogen-bond acceptors (Lipinski definition) is 3. The number of rotatable bonds is 2. The van der Waals surface area contributed by atoms with Crippen LogP contribution in [0.25, 0.3) is 0 Å². The Morgan fingerprint density at radius 3 is 2.47 bits per heavy atom. The Morgan fingerprint density at radius 2 is 2.00 bits per heavy atom. The Labute approximate surface area is 87.6 Å². The number of nitrogen functional groups attached to an aromatic ring is 1. The number of benzene rings is 1. The first kappa shape index (κ1) is 11.6. The monoisotopic (exact) mass is 239 g/mol. The third-order valence-electron chi connectivity index (χ3n) is 1.52. The molecule has 0 atom stereocenters. The summed E-state index contributed by atoms with van der Waals surface area (Å²) in [4.78, 5) is 10.4. The van der Waals surface area contributed by atoms with Crippen molar-refractivity contribution in [1.29, 1.82) is 0 Å². The third-order valence-corrected chi connectivity index (χ3v) is 1.94. The van der Waals surface area contributed by atoms with Crippen LogP contribution in [0.4, 0.5) is 18.9 Å². The van der Waals surface area contributed by atoms with Gasteiger partial charge >= 0.3 is 6.36 Å². The Morgan fingerprint density at radius 1 is 1.40 bits per heavy atom. The molecule has 0 aromatic heterocycles. The van der Waals surface area contributed by atoms with E-state index >= 15 is 0 Å². The highest BCUT2D eigenvalue weighted by molar-refractivity contribution is 6.35. The predicted molar refractivity (Wildman–Crippen MR) is 47.9 cm³/mol. The van der Waals surface area contributed by atoms with Crippen LogP contribution in [0.15, 0.2) is 12.1 Å². The third kappa shape index (κ3) is 2.76. The fourth-order valence-electron chi connectivity index (χ4n) is 0.897. The van der Waals surface area contributed by atoms with Crippen molar-refractivity contribution in [1.82, 2.24) is 0 Å². The van der Waals surface area contributed by atoms with E-state index in [4.69, 9.17) is 17.3 Å². The van der Waals surface area contributed by atoms with E-state index < -0.39 is 17.8 Å². The van der Waals surface area contributed by atoms with Gasteiger partial charge in [0.25, 0.3) is 0 Å². The molecule has 1 aromatic rings. The van der Waals surface area contributed by atoms with Gasteiger partial charge in [-0.1, -0.05) is 11.6 Å². The van der Waals surface area contributed by atoms with Gasteiger partial charge in [0.1, 0.15) is 0 Å². The zero-order chi connectivity index (χ0) is 11.6. The molecule has 82 valence electrons. The number of carbonyl (C=O) groups is 1. The summed E-state index contributed by atoms with van der Waals surface area (Å²) in [6.07, 6.45) is -4.46. The summed E-state index contributed by atoms with van der Waals surface area (Å²) >= 11 is 5.52. The maximum Gasteiger partial charge on any atom is 0.573 e. The van der Waals surface area contributed by atoms with Crippen LogP contribution in [0.1, 0.15) is 10.4 Å². The standard InChI is InChI=1S/C8H5ClF3NO2/c9-6-4(3-14)1-2-5(7(6)13)15-8(10,11)12/h1-3H,13H2. The van der Waals surface area contributed by atoms with Gasteiger partial charge < -0.3 is 10.5 Å². The summed E-state index contributed by atoms with van der Waals surface area (Å²) in [6, 6.07) is 2.02. The van der Waals surface area contributed by atoms with E-state index in [1.807, 2.05) is 0 Å². The number of hydrogen-bond donors (Lipinski definition) is 1. The van der Waals surface area contributed by atoms with Crippen molar-refractivity contribution >= 4 is 23.6 Å². The zero-order valence-corrected chi connectivity index (χ0v) is 7.89. The van der Waals surface area contributed by atoms with Crippen LogP contribution in [0.3, 0.4) is 0 Å². The molecular formula is C8H5ClF3NO2. The summed E-state index contributed by atoms with van der Waals surface area (Å²) < 4.78 is 39.1. The first-order valence-electron chi connectivity index (χ1n) is 3.64. The number of alkyl halides is 3. The highest BCUT2D eigenvalue weighted by Gasteiger charge is 2.32. The lowest BCUT2D eigenvalue weighted by Gasteiger charge is -2.12. The molecule has 0 spiro atoms. The molecule has 0 heterocycles. The molecule has 0 unspecified atom stereocenters. The SMILES string of the molecule is Nc1c(OC(F)(F)F)ccc(C=O)c1Cl. The summed E-state index contributed by atoms with van der Waals surface area (Å²) in [6.45, 7) is 0. The van der Waals surface area contributed by atoms with Crippen molar-refractivity contribution in [2.45, 2.75) is 6.36 Å². The summed E-state index contributed by atoms with van der Waals surface area (Å²) in [5.74, 6) is -0.627. The maximum atomic E-state index is 11.8. The summed E-state index contributed by atoms with van der Waals surface area (Å²) in [7, 11) is 0. The Kier molecular flexibility index (Phi) is 3.09. The molecule has 0 bridgehead atoms. The van der Waals surface area contributed by atoms with E-state index in [1.54, 1.807) is 0 Å². The molecule has 1 rings (SSSR count). The van der Waals surface area contributed by atoms with Crippen molar-refractivity contribution < 1.29 is 22.7 Å². The lowest BCUT2D eigenvalue weighted by molar-refractivity contribution is -0.274. The quantitative estimate of drug-likeness (QED) is 0.638. The van der Waals surface area contributed by atoms with Gasteiger partial charge in [-0.2, -0.15) is 0 Å². The van der Waals surface area contributed by atoms with Crippen LogP contribution in [0.5, 0.6) is 5.75 Å². The van der Waals surface area contributed by atoms with E-state index in [1.165, 1.54) is 0 Å². The highest BCUT2D eigenvalue weighted by Crippen LogP contribution is 2.34. The minimum Gasteiger partial charge on any atom is -0.404 e. The molecule has 15 heavy (non-hydrogen) atoms. The van der Waals surface area contributed by atoms with Gasteiger partial charge in [0.2, 0.25) is 0 Å². The topological polar surface area (TPSA) is 52.3 Å². The van der Waals surface area contributed by atoms with Gasteiger partial charge in [-0.05, 0) is 12.1 Å². The van der Waals surface area contributed by atoms with Gasteiger partial charge in [0, 0.05) is 5.56 Å². The molecule has 3 nitrogen and oxygen atoms in total. The average molecular weight is 240 g/mol. The molecule has 2 N–H and O–H groups in total. The van der Waals surface area contributed by atoms with Crippen molar-refractivity contribution in [3.8, 4) is 5.75 Å². The second kappa shape index (κ2) is 3.98. The van der Waals surface area contributed by atoms with Gasteiger partial charge in [-0.25, -0.2) is 0 Å². The van der Waals surface area contributed by atoms with Gasteiger partial charge in [-0.15, -0.1) is 13.2 Å². The molecule has 1 aromatic carbocycles. The smallest absolute Gasteiger partial charge is 0.404 e. The fourth-order valence-corrected chi connectivity index (χ4v) is 1.10. The molecule has 7 heteroatoms. The molecule has 0 aliphatic carbocycles. The van der Waals surface area contributed by atoms with Crippen LogP contribution in [0, 0.1) is 0 Å². The normalized spacial score (nSPS) is 11.2. The summed E-state index contributed by atoms with van der Waals surface area (Å²) in [5.41, 5.74) is 4.84. The maximum absolute atomic E-state index is 11.8. The van der Waals surface area contributed by atoms with Gasteiger partial charge in [-0.3, -0.25) is 4.79 Å². The Balaban J connectivity index is 3.12. The van der Waals surface area contributed by atoms with Crippen molar-refractivity contribution in [3.63, 3.8) is 0 Å². The van der Waals surface area contributed by atoms with Crippen molar-refractivity contribution in [2.75, 3.05) is 5.73 Å². The van der Waals surface area contributed by atoms with Crippen molar-refractivity contribution in [2.24, 2.45) is 0 Å². The molecule has 0 fully saturated rings. The van der Waals surface area contributed by atoms with Crippen LogP contribution in [-0.2, 0) is 0 Å².